The van der Waals surface area contributed by atoms with Crippen LogP contribution in [-0.4, -0.2) is 54.6 Å². The van der Waals surface area contributed by atoms with Crippen molar-refractivity contribution in [3.05, 3.63) is 0 Å². The van der Waals surface area contributed by atoms with Crippen molar-refractivity contribution < 1.29 is 28.4 Å². The van der Waals surface area contributed by atoms with E-state index in [9.17, 15) is 0 Å². The summed E-state index contributed by atoms with van der Waals surface area (Å²) in [6, 6.07) is 0. The summed E-state index contributed by atoms with van der Waals surface area (Å²) < 4.78 is 32.3. The Morgan fingerprint density at radius 3 is 1.12 bits per heavy atom. The van der Waals surface area contributed by atoms with Crippen LogP contribution in [0.4, 0.5) is 0 Å². The molecule has 6 nitrogen and oxygen atoms in total. The van der Waals surface area contributed by atoms with Crippen molar-refractivity contribution in [2.24, 2.45) is 11.8 Å². The number of methoxy groups -OCH3 is 6. The average Bonchev–Trinajstić information content (AvgIpc) is 2.98. The molecule has 0 bridgehead atoms. The molecule has 0 fully saturated rings. The molecule has 242 valence electrons. The van der Waals surface area contributed by atoms with E-state index in [1.54, 1.807) is 42.7 Å². The fraction of sp³-hybridized carbons (Fsp3) is 1.00. The maximum absolute atomic E-state index is 5.38. The van der Waals surface area contributed by atoms with Crippen molar-refractivity contribution in [2.45, 2.75) is 167 Å². The third kappa shape index (κ3) is 19.0. The molecule has 0 aliphatic heterocycles. The topological polar surface area (TPSA) is 55.4 Å². The molecule has 0 N–H and O–H groups in total. The number of ether oxygens (including phenoxy) is 6. The second kappa shape index (κ2) is 26.4. The van der Waals surface area contributed by atoms with E-state index in [0.29, 0.717) is 0 Å². The van der Waals surface area contributed by atoms with E-state index in [0.717, 1.165) is 37.5 Å². The van der Waals surface area contributed by atoms with E-state index in [-0.39, 0.29) is 0 Å². The Morgan fingerprint density at radius 1 is 0.400 bits per heavy atom. The number of rotatable bonds is 31. The van der Waals surface area contributed by atoms with Gasteiger partial charge in [-0.15, -0.1) is 0 Å². The summed E-state index contributed by atoms with van der Waals surface area (Å²) in [6.07, 6.45) is 28.1. The van der Waals surface area contributed by atoms with Crippen LogP contribution in [0.25, 0.3) is 0 Å². The number of hydrogen-bond acceptors (Lipinski definition) is 6. The van der Waals surface area contributed by atoms with Crippen molar-refractivity contribution >= 4 is 0 Å². The van der Waals surface area contributed by atoms with Gasteiger partial charge in [0.2, 0.25) is 0 Å². The molecule has 0 aromatic carbocycles. The Hall–Kier alpha value is -0.240. The monoisotopic (exact) mass is 575 g/mol. The van der Waals surface area contributed by atoms with Crippen LogP contribution in [0.3, 0.4) is 0 Å². The maximum Gasteiger partial charge on any atom is 0.282 e. The first-order valence-electron chi connectivity index (χ1n) is 16.7. The van der Waals surface area contributed by atoms with Gasteiger partial charge in [0.05, 0.1) is 0 Å². The van der Waals surface area contributed by atoms with Gasteiger partial charge in [-0.3, -0.25) is 0 Å². The van der Waals surface area contributed by atoms with E-state index in [1.165, 1.54) is 116 Å². The molecular weight excluding hydrogens is 504 g/mol. The Labute approximate surface area is 249 Å². The highest BCUT2D eigenvalue weighted by Gasteiger charge is 2.29. The second-order valence-corrected chi connectivity index (χ2v) is 12.0. The molecule has 0 aliphatic rings. The van der Waals surface area contributed by atoms with Gasteiger partial charge >= 0.3 is 0 Å². The van der Waals surface area contributed by atoms with Gasteiger partial charge in [-0.25, -0.2) is 0 Å². The SMILES string of the molecule is CCCC(CCCCCCCCCC(OC)(OC)OC)CCC(C)CCCCCCCCCC(OC)(OC)OC. The minimum absolute atomic E-state index is 0.786. The van der Waals surface area contributed by atoms with E-state index in [4.69, 9.17) is 28.4 Å². The second-order valence-electron chi connectivity index (χ2n) is 12.0. The lowest BCUT2D eigenvalue weighted by Crippen LogP contribution is -2.35. The van der Waals surface area contributed by atoms with E-state index in [1.807, 2.05) is 0 Å². The van der Waals surface area contributed by atoms with Gasteiger partial charge in [-0.1, -0.05) is 129 Å². The van der Waals surface area contributed by atoms with Gasteiger partial charge in [0.15, 0.2) is 0 Å². The van der Waals surface area contributed by atoms with Crippen LogP contribution < -0.4 is 0 Å². The summed E-state index contributed by atoms with van der Waals surface area (Å²) in [5.41, 5.74) is 0. The predicted molar refractivity (Wildman–Crippen MR) is 167 cm³/mol. The molecule has 0 aromatic heterocycles. The third-order valence-electron chi connectivity index (χ3n) is 8.91. The van der Waals surface area contributed by atoms with Crippen LogP contribution in [0.15, 0.2) is 0 Å². The van der Waals surface area contributed by atoms with Gasteiger partial charge < -0.3 is 28.4 Å². The van der Waals surface area contributed by atoms with Crippen LogP contribution in [0.1, 0.15) is 155 Å². The first kappa shape index (κ1) is 39.8. The van der Waals surface area contributed by atoms with Crippen LogP contribution in [0.2, 0.25) is 0 Å². The van der Waals surface area contributed by atoms with Gasteiger partial charge in [0, 0.05) is 55.5 Å². The summed E-state index contributed by atoms with van der Waals surface area (Å²) in [5, 5.41) is 0. The largest absolute Gasteiger partial charge is 0.331 e. The van der Waals surface area contributed by atoms with Crippen LogP contribution in [0, 0.1) is 11.8 Å². The highest BCUT2D eigenvalue weighted by molar-refractivity contribution is 4.64. The van der Waals surface area contributed by atoms with Gasteiger partial charge in [-0.05, 0) is 24.7 Å². The lowest BCUT2D eigenvalue weighted by atomic mass is 9.87. The van der Waals surface area contributed by atoms with E-state index >= 15 is 0 Å². The minimum atomic E-state index is -0.860. The quantitative estimate of drug-likeness (QED) is 0.0606. The first-order chi connectivity index (χ1) is 19.4. The van der Waals surface area contributed by atoms with Crippen molar-refractivity contribution in [3.63, 3.8) is 0 Å². The molecule has 0 saturated heterocycles. The van der Waals surface area contributed by atoms with Gasteiger partial charge in [0.25, 0.3) is 11.9 Å². The maximum atomic E-state index is 5.38. The minimum Gasteiger partial charge on any atom is -0.331 e. The predicted octanol–water partition coefficient (Wildman–Crippen LogP) is 10.0. The van der Waals surface area contributed by atoms with Crippen LogP contribution in [-0.2, 0) is 28.4 Å². The number of hydrogen-bond donors (Lipinski definition) is 0. The fourth-order valence-electron chi connectivity index (χ4n) is 5.99. The van der Waals surface area contributed by atoms with E-state index in [2.05, 4.69) is 13.8 Å². The Morgan fingerprint density at radius 2 is 0.750 bits per heavy atom. The highest BCUT2D eigenvalue weighted by Crippen LogP contribution is 2.27. The molecule has 0 radical (unpaired) electrons. The molecule has 0 amide bonds. The smallest absolute Gasteiger partial charge is 0.282 e. The van der Waals surface area contributed by atoms with Crippen molar-refractivity contribution in [1.82, 2.24) is 0 Å². The summed E-state index contributed by atoms with van der Waals surface area (Å²) in [7, 11) is 9.86. The average molecular weight is 575 g/mol. The molecule has 0 saturated carbocycles. The molecule has 0 rings (SSSR count). The molecule has 2 unspecified atom stereocenters. The molecule has 6 heteroatoms. The lowest BCUT2D eigenvalue weighted by Gasteiger charge is -2.28. The number of unbranched alkanes of at least 4 members (excludes halogenated alkanes) is 12. The zero-order valence-corrected chi connectivity index (χ0v) is 28.2. The molecule has 0 aliphatic carbocycles. The third-order valence-corrected chi connectivity index (χ3v) is 8.91. The summed E-state index contributed by atoms with van der Waals surface area (Å²) in [6.45, 7) is 4.83. The zero-order chi connectivity index (χ0) is 30.0. The standard InChI is InChI=1S/C34H70O6/c1-9-24-32(26-21-17-13-11-15-19-23-30-34(38-6,39-7)40-8)28-27-31(2)25-20-16-12-10-14-18-22-29-33(35-3,36-4)37-5/h31-32H,9-30H2,1-8H3. The summed E-state index contributed by atoms with van der Waals surface area (Å²) >= 11 is 0. The lowest BCUT2D eigenvalue weighted by molar-refractivity contribution is -0.355. The Kier molecular flexibility index (Phi) is 26.2. The first-order valence-corrected chi connectivity index (χ1v) is 16.7. The molecule has 40 heavy (non-hydrogen) atoms. The molecule has 0 heterocycles. The molecule has 2 atom stereocenters. The zero-order valence-electron chi connectivity index (χ0n) is 28.2. The molecular formula is C34H70O6. The van der Waals surface area contributed by atoms with Gasteiger partial charge in [-0.2, -0.15) is 0 Å². The molecule has 0 aromatic rings. The van der Waals surface area contributed by atoms with Crippen molar-refractivity contribution in [2.75, 3.05) is 42.7 Å². The normalized spacial score (nSPS) is 14.1. The van der Waals surface area contributed by atoms with Crippen molar-refractivity contribution in [3.8, 4) is 0 Å². The van der Waals surface area contributed by atoms with Crippen LogP contribution in [0.5, 0.6) is 0 Å². The molecule has 0 spiro atoms. The fourth-order valence-corrected chi connectivity index (χ4v) is 5.99. The van der Waals surface area contributed by atoms with Gasteiger partial charge in [0.1, 0.15) is 0 Å². The Balaban J connectivity index is 3.78. The van der Waals surface area contributed by atoms with Crippen LogP contribution >= 0.6 is 0 Å². The highest BCUT2D eigenvalue weighted by atomic mass is 16.9. The van der Waals surface area contributed by atoms with E-state index < -0.39 is 11.9 Å². The summed E-state index contributed by atoms with van der Waals surface area (Å²) in [4.78, 5) is 0. The summed E-state index contributed by atoms with van der Waals surface area (Å²) in [5.74, 6) is 0.0885. The van der Waals surface area contributed by atoms with Crippen molar-refractivity contribution in [1.29, 1.82) is 0 Å². The Bertz CT molecular complexity index is 504.